The molecule has 0 spiro atoms. The molecule has 0 fully saturated rings. The quantitative estimate of drug-likeness (QED) is 0.572. The Morgan fingerprint density at radius 1 is 1.24 bits per heavy atom. The molecular formula is C16H13Cl2NOS. The van der Waals surface area contributed by atoms with Crippen LogP contribution in [0.3, 0.4) is 0 Å². The first-order chi connectivity index (χ1) is 10.0. The van der Waals surface area contributed by atoms with Crippen molar-refractivity contribution in [2.75, 3.05) is 0 Å². The Labute approximate surface area is 136 Å². The van der Waals surface area contributed by atoms with Gasteiger partial charge >= 0.3 is 0 Å². The number of hydrogen-bond acceptors (Lipinski definition) is 2. The van der Waals surface area contributed by atoms with E-state index in [1.54, 1.807) is 6.07 Å². The van der Waals surface area contributed by atoms with Crippen molar-refractivity contribution in [2.24, 2.45) is 0 Å². The maximum absolute atomic E-state index is 11.6. The van der Waals surface area contributed by atoms with Gasteiger partial charge in [0.05, 0.1) is 10.0 Å². The Balaban J connectivity index is 2.29. The summed E-state index contributed by atoms with van der Waals surface area (Å²) < 4.78 is 1.19. The SMILES string of the molecule is CC(C)c1ccc2[nH]c(-c3cc(Cl)sc3Cl)c(C=O)c2c1. The van der Waals surface area contributed by atoms with Crippen LogP contribution in [0.25, 0.3) is 22.2 Å². The van der Waals surface area contributed by atoms with Crippen molar-refractivity contribution in [1.29, 1.82) is 0 Å². The Morgan fingerprint density at radius 3 is 2.57 bits per heavy atom. The summed E-state index contributed by atoms with van der Waals surface area (Å²) in [6.45, 7) is 4.26. The molecule has 0 saturated carbocycles. The zero-order valence-corrected chi connectivity index (χ0v) is 13.9. The summed E-state index contributed by atoms with van der Waals surface area (Å²) in [7, 11) is 0. The minimum Gasteiger partial charge on any atom is -0.354 e. The average molecular weight is 338 g/mol. The number of aldehydes is 1. The molecule has 0 amide bonds. The van der Waals surface area contributed by atoms with E-state index in [2.05, 4.69) is 31.0 Å². The van der Waals surface area contributed by atoms with Crippen LogP contribution in [-0.2, 0) is 0 Å². The number of hydrogen-bond donors (Lipinski definition) is 1. The standard InChI is InChI=1S/C16H13Cl2NOS/c1-8(2)9-3-4-13-10(5-9)12(7-20)15(19-13)11-6-14(17)21-16(11)18/h3-8,19H,1-2H3. The summed E-state index contributed by atoms with van der Waals surface area (Å²) in [4.78, 5) is 14.9. The summed E-state index contributed by atoms with van der Waals surface area (Å²) in [5, 5.41) is 0.921. The molecule has 2 nitrogen and oxygen atoms in total. The van der Waals surface area contributed by atoms with Gasteiger partial charge in [0.15, 0.2) is 6.29 Å². The molecule has 0 aliphatic carbocycles. The van der Waals surface area contributed by atoms with Crippen LogP contribution in [0.1, 0.15) is 35.7 Å². The maximum atomic E-state index is 11.6. The number of aromatic nitrogens is 1. The molecule has 0 aliphatic heterocycles. The van der Waals surface area contributed by atoms with E-state index >= 15 is 0 Å². The van der Waals surface area contributed by atoms with Crippen LogP contribution in [0.5, 0.6) is 0 Å². The molecule has 2 heterocycles. The number of fused-ring (bicyclic) bond motifs is 1. The molecule has 108 valence electrons. The van der Waals surface area contributed by atoms with Crippen LogP contribution in [0.4, 0.5) is 0 Å². The zero-order valence-electron chi connectivity index (χ0n) is 11.5. The normalized spacial score (nSPS) is 11.5. The Bertz CT molecular complexity index is 832. The third kappa shape index (κ3) is 2.50. The molecule has 1 N–H and O–H groups in total. The van der Waals surface area contributed by atoms with E-state index in [-0.39, 0.29) is 0 Å². The van der Waals surface area contributed by atoms with Gasteiger partial charge in [0.1, 0.15) is 4.34 Å². The molecule has 1 aromatic carbocycles. The van der Waals surface area contributed by atoms with E-state index in [1.807, 2.05) is 6.07 Å². The Morgan fingerprint density at radius 2 is 2.00 bits per heavy atom. The Hall–Kier alpha value is -1.29. The number of aromatic amines is 1. The molecule has 0 radical (unpaired) electrons. The lowest BCUT2D eigenvalue weighted by molar-refractivity contribution is 0.112. The van der Waals surface area contributed by atoms with Crippen molar-refractivity contribution in [1.82, 2.24) is 4.98 Å². The maximum Gasteiger partial charge on any atom is 0.152 e. The fraction of sp³-hybridized carbons (Fsp3) is 0.188. The largest absolute Gasteiger partial charge is 0.354 e. The van der Waals surface area contributed by atoms with Crippen LogP contribution in [-0.4, -0.2) is 11.3 Å². The Kier molecular flexibility index (Phi) is 3.82. The van der Waals surface area contributed by atoms with Gasteiger partial charge in [0, 0.05) is 22.0 Å². The van der Waals surface area contributed by atoms with Crippen LogP contribution >= 0.6 is 34.5 Å². The number of carbonyl (C=O) groups is 1. The van der Waals surface area contributed by atoms with E-state index in [4.69, 9.17) is 23.2 Å². The lowest BCUT2D eigenvalue weighted by atomic mass is 10.00. The van der Waals surface area contributed by atoms with Gasteiger partial charge in [-0.25, -0.2) is 0 Å². The molecule has 3 aromatic rings. The zero-order chi connectivity index (χ0) is 15.1. The number of nitrogens with one attached hydrogen (secondary N) is 1. The highest BCUT2D eigenvalue weighted by Crippen LogP contribution is 2.40. The number of benzene rings is 1. The summed E-state index contributed by atoms with van der Waals surface area (Å²) in [6, 6.07) is 7.92. The lowest BCUT2D eigenvalue weighted by Crippen LogP contribution is -1.87. The van der Waals surface area contributed by atoms with Crippen LogP contribution < -0.4 is 0 Å². The third-order valence-electron chi connectivity index (χ3n) is 3.57. The molecule has 0 aliphatic rings. The molecule has 5 heteroatoms. The van der Waals surface area contributed by atoms with Crippen molar-refractivity contribution >= 4 is 51.7 Å². The van der Waals surface area contributed by atoms with Crippen molar-refractivity contribution in [3.05, 3.63) is 44.1 Å². The van der Waals surface area contributed by atoms with Crippen LogP contribution in [0, 0.1) is 0 Å². The molecule has 3 rings (SSSR count). The number of thiophene rings is 1. The van der Waals surface area contributed by atoms with E-state index in [0.717, 1.165) is 28.4 Å². The average Bonchev–Trinajstić information content (AvgIpc) is 2.96. The predicted octanol–water partition coefficient (Wildman–Crippen LogP) is 6.14. The van der Waals surface area contributed by atoms with E-state index in [9.17, 15) is 4.79 Å². The highest BCUT2D eigenvalue weighted by molar-refractivity contribution is 7.20. The highest BCUT2D eigenvalue weighted by Gasteiger charge is 2.17. The van der Waals surface area contributed by atoms with E-state index < -0.39 is 0 Å². The first kappa shape index (κ1) is 14.6. The number of halogens is 2. The molecule has 0 saturated heterocycles. The molecule has 0 unspecified atom stereocenters. The van der Waals surface area contributed by atoms with Crippen molar-refractivity contribution in [3.63, 3.8) is 0 Å². The van der Waals surface area contributed by atoms with Crippen molar-refractivity contribution < 1.29 is 4.79 Å². The van der Waals surface area contributed by atoms with Gasteiger partial charge in [-0.1, -0.05) is 43.1 Å². The summed E-state index contributed by atoms with van der Waals surface area (Å²) in [5.74, 6) is 0.409. The van der Waals surface area contributed by atoms with E-state index in [0.29, 0.717) is 20.2 Å². The second kappa shape index (κ2) is 5.48. The molecule has 2 aromatic heterocycles. The van der Waals surface area contributed by atoms with Crippen molar-refractivity contribution in [3.8, 4) is 11.3 Å². The van der Waals surface area contributed by atoms with Gasteiger partial charge in [0.2, 0.25) is 0 Å². The number of carbonyl (C=O) groups excluding carboxylic acids is 1. The molecule has 0 bridgehead atoms. The van der Waals surface area contributed by atoms with E-state index in [1.165, 1.54) is 16.9 Å². The first-order valence-corrected chi connectivity index (χ1v) is 8.14. The second-order valence-electron chi connectivity index (χ2n) is 5.23. The van der Waals surface area contributed by atoms with Gasteiger partial charge in [-0.2, -0.15) is 0 Å². The van der Waals surface area contributed by atoms with Crippen molar-refractivity contribution in [2.45, 2.75) is 19.8 Å². The van der Waals surface area contributed by atoms with Gasteiger partial charge < -0.3 is 4.98 Å². The molecular weight excluding hydrogens is 325 g/mol. The topological polar surface area (TPSA) is 32.9 Å². The minimum absolute atomic E-state index is 0.409. The molecule has 21 heavy (non-hydrogen) atoms. The third-order valence-corrected chi connectivity index (χ3v) is 5.06. The monoisotopic (exact) mass is 337 g/mol. The summed E-state index contributed by atoms with van der Waals surface area (Å²) in [5.41, 5.74) is 4.26. The van der Waals surface area contributed by atoms with Gasteiger partial charge in [-0.3, -0.25) is 4.79 Å². The van der Waals surface area contributed by atoms with Gasteiger partial charge in [0.25, 0.3) is 0 Å². The fourth-order valence-electron chi connectivity index (χ4n) is 2.44. The molecule has 0 atom stereocenters. The lowest BCUT2D eigenvalue weighted by Gasteiger charge is -2.04. The second-order valence-corrected chi connectivity index (χ2v) is 7.51. The fourth-order valence-corrected chi connectivity index (χ4v) is 3.91. The minimum atomic E-state index is 0.409. The summed E-state index contributed by atoms with van der Waals surface area (Å²) in [6.07, 6.45) is 0.875. The predicted molar refractivity (Wildman–Crippen MR) is 91.1 cm³/mol. The number of H-pyrrole nitrogens is 1. The van der Waals surface area contributed by atoms with Crippen LogP contribution in [0.15, 0.2) is 24.3 Å². The summed E-state index contributed by atoms with van der Waals surface area (Å²) >= 11 is 13.5. The number of rotatable bonds is 3. The van der Waals surface area contributed by atoms with Gasteiger partial charge in [-0.15, -0.1) is 11.3 Å². The highest BCUT2D eigenvalue weighted by atomic mass is 35.5. The van der Waals surface area contributed by atoms with Crippen LogP contribution in [0.2, 0.25) is 8.67 Å². The smallest absolute Gasteiger partial charge is 0.152 e. The van der Waals surface area contributed by atoms with Gasteiger partial charge in [-0.05, 0) is 29.7 Å². The first-order valence-electron chi connectivity index (χ1n) is 6.57.